The summed E-state index contributed by atoms with van der Waals surface area (Å²) in [6, 6.07) is 12.2. The number of nitrogens with zero attached hydrogens (tertiary/aromatic N) is 2. The lowest BCUT2D eigenvalue weighted by atomic mass is 10.1. The van der Waals surface area contributed by atoms with E-state index in [1.165, 1.54) is 12.1 Å². The highest BCUT2D eigenvalue weighted by Gasteiger charge is 2.14. The van der Waals surface area contributed by atoms with Crippen LogP contribution in [0.1, 0.15) is 16.7 Å². The van der Waals surface area contributed by atoms with Crippen LogP contribution in [0, 0.1) is 35.3 Å². The predicted molar refractivity (Wildman–Crippen MR) is 77.0 cm³/mol. The van der Waals surface area contributed by atoms with Gasteiger partial charge in [-0.3, -0.25) is 10.1 Å². The fourth-order valence-corrected chi connectivity index (χ4v) is 1.96. The summed E-state index contributed by atoms with van der Waals surface area (Å²) in [5.41, 5.74) is 3.54. The van der Waals surface area contributed by atoms with Gasteiger partial charge in [-0.15, -0.1) is 0 Å². The summed E-state index contributed by atoms with van der Waals surface area (Å²) in [6.45, 7) is 3.97. The van der Waals surface area contributed by atoms with Gasteiger partial charge < -0.3 is 5.32 Å². The average molecular weight is 267 g/mol. The van der Waals surface area contributed by atoms with E-state index >= 15 is 0 Å². The van der Waals surface area contributed by atoms with Crippen molar-refractivity contribution in [2.75, 3.05) is 5.32 Å². The van der Waals surface area contributed by atoms with Crippen LogP contribution in [0.3, 0.4) is 0 Å². The highest BCUT2D eigenvalue weighted by molar-refractivity contribution is 5.67. The fraction of sp³-hybridized carbons (Fsp3) is 0.133. The van der Waals surface area contributed by atoms with E-state index in [0.29, 0.717) is 5.69 Å². The fourth-order valence-electron chi connectivity index (χ4n) is 1.96. The molecule has 20 heavy (non-hydrogen) atoms. The van der Waals surface area contributed by atoms with Crippen LogP contribution in [0.15, 0.2) is 36.4 Å². The molecule has 0 aliphatic heterocycles. The van der Waals surface area contributed by atoms with E-state index in [4.69, 9.17) is 5.26 Å². The first-order valence-electron chi connectivity index (χ1n) is 6.04. The maximum absolute atomic E-state index is 10.9. The van der Waals surface area contributed by atoms with Gasteiger partial charge in [0, 0.05) is 17.4 Å². The molecule has 0 saturated heterocycles. The molecule has 0 amide bonds. The Labute approximate surface area is 116 Å². The van der Waals surface area contributed by atoms with Crippen molar-refractivity contribution < 1.29 is 4.92 Å². The van der Waals surface area contributed by atoms with Gasteiger partial charge in [-0.2, -0.15) is 5.26 Å². The lowest BCUT2D eigenvalue weighted by molar-refractivity contribution is -0.385. The molecule has 0 atom stereocenters. The Morgan fingerprint density at radius 1 is 1.20 bits per heavy atom. The molecule has 1 N–H and O–H groups in total. The summed E-state index contributed by atoms with van der Waals surface area (Å²) < 4.78 is 0. The molecule has 0 aromatic heterocycles. The molecular weight excluding hydrogens is 254 g/mol. The summed E-state index contributed by atoms with van der Waals surface area (Å²) in [5, 5.41) is 22.9. The first-order chi connectivity index (χ1) is 9.51. The lowest BCUT2D eigenvalue weighted by Gasteiger charge is -2.10. The topological polar surface area (TPSA) is 79.0 Å². The van der Waals surface area contributed by atoms with Gasteiger partial charge in [-0.25, -0.2) is 0 Å². The molecule has 0 aliphatic carbocycles. The van der Waals surface area contributed by atoms with Crippen LogP contribution in [0.5, 0.6) is 0 Å². The normalized spacial score (nSPS) is 9.85. The molecule has 5 heteroatoms. The smallest absolute Gasteiger partial charge is 0.289 e. The second-order valence-electron chi connectivity index (χ2n) is 4.54. The summed E-state index contributed by atoms with van der Waals surface area (Å²) >= 11 is 0. The van der Waals surface area contributed by atoms with Crippen LogP contribution >= 0.6 is 0 Å². The molecule has 0 heterocycles. The Morgan fingerprint density at radius 3 is 2.55 bits per heavy atom. The molecule has 0 saturated carbocycles. The molecule has 0 spiro atoms. The number of nitro groups is 1. The Kier molecular flexibility index (Phi) is 3.67. The molecule has 0 bridgehead atoms. The number of hydrogen-bond acceptors (Lipinski definition) is 4. The van der Waals surface area contributed by atoms with Crippen LogP contribution in [0.4, 0.5) is 17.1 Å². The highest BCUT2D eigenvalue weighted by Crippen LogP contribution is 2.26. The summed E-state index contributed by atoms with van der Waals surface area (Å²) in [5.74, 6) is 0. The molecular formula is C15H13N3O2. The number of anilines is 2. The van der Waals surface area contributed by atoms with Crippen molar-refractivity contribution in [3.8, 4) is 6.07 Å². The van der Waals surface area contributed by atoms with Crippen molar-refractivity contribution in [2.45, 2.75) is 13.8 Å². The van der Waals surface area contributed by atoms with Crippen LogP contribution in [0.2, 0.25) is 0 Å². The summed E-state index contributed by atoms with van der Waals surface area (Å²) in [7, 11) is 0. The average Bonchev–Trinajstić information content (AvgIpc) is 2.41. The molecule has 2 rings (SSSR count). The zero-order valence-corrected chi connectivity index (χ0v) is 11.2. The Bertz CT molecular complexity index is 718. The van der Waals surface area contributed by atoms with Gasteiger partial charge >= 0.3 is 0 Å². The van der Waals surface area contributed by atoms with Crippen LogP contribution in [0.25, 0.3) is 0 Å². The van der Waals surface area contributed by atoms with Crippen molar-refractivity contribution in [3.05, 3.63) is 63.2 Å². The molecule has 0 unspecified atom stereocenters. The van der Waals surface area contributed by atoms with Crippen LogP contribution in [-0.2, 0) is 0 Å². The van der Waals surface area contributed by atoms with E-state index in [9.17, 15) is 10.1 Å². The van der Waals surface area contributed by atoms with Gasteiger partial charge in [0.1, 0.15) is 11.6 Å². The maximum Gasteiger partial charge on any atom is 0.289 e. The monoisotopic (exact) mass is 267 g/mol. The number of benzene rings is 2. The zero-order valence-electron chi connectivity index (χ0n) is 11.2. The number of aryl methyl sites for hydroxylation is 2. The summed E-state index contributed by atoms with van der Waals surface area (Å²) in [4.78, 5) is 10.4. The van der Waals surface area contributed by atoms with Crippen LogP contribution < -0.4 is 5.32 Å². The quantitative estimate of drug-likeness (QED) is 0.677. The molecule has 0 radical (unpaired) electrons. The van der Waals surface area contributed by atoms with E-state index in [0.717, 1.165) is 16.8 Å². The Hall–Kier alpha value is -2.87. The van der Waals surface area contributed by atoms with E-state index in [1.54, 1.807) is 6.07 Å². The van der Waals surface area contributed by atoms with E-state index < -0.39 is 4.92 Å². The van der Waals surface area contributed by atoms with Gasteiger partial charge in [-0.1, -0.05) is 17.7 Å². The van der Waals surface area contributed by atoms with Crippen molar-refractivity contribution >= 4 is 17.1 Å². The van der Waals surface area contributed by atoms with Crippen molar-refractivity contribution in [2.24, 2.45) is 0 Å². The second-order valence-corrected chi connectivity index (χ2v) is 4.54. The number of nitrogens with one attached hydrogen (secondary N) is 1. The van der Waals surface area contributed by atoms with Gasteiger partial charge in [0.25, 0.3) is 5.69 Å². The van der Waals surface area contributed by atoms with Crippen molar-refractivity contribution in [1.29, 1.82) is 5.26 Å². The minimum absolute atomic E-state index is 0.0566. The third-order valence-corrected chi connectivity index (χ3v) is 2.98. The SMILES string of the molecule is Cc1ccc(Nc2ccc(C#N)c([N+](=O)[O-])c2)c(C)c1. The highest BCUT2D eigenvalue weighted by atomic mass is 16.6. The number of nitro benzene ring substituents is 1. The molecule has 0 fully saturated rings. The number of rotatable bonds is 3. The Balaban J connectivity index is 2.37. The first-order valence-corrected chi connectivity index (χ1v) is 6.04. The molecule has 2 aromatic carbocycles. The van der Waals surface area contributed by atoms with E-state index in [2.05, 4.69) is 5.32 Å². The largest absolute Gasteiger partial charge is 0.355 e. The van der Waals surface area contributed by atoms with Crippen molar-refractivity contribution in [1.82, 2.24) is 0 Å². The van der Waals surface area contributed by atoms with Gasteiger partial charge in [0.05, 0.1) is 4.92 Å². The predicted octanol–water partition coefficient (Wildman–Crippen LogP) is 3.83. The van der Waals surface area contributed by atoms with Crippen LogP contribution in [-0.4, -0.2) is 4.92 Å². The maximum atomic E-state index is 10.9. The minimum atomic E-state index is -0.550. The standard InChI is InChI=1S/C15H13N3O2/c1-10-3-6-14(11(2)7-10)17-13-5-4-12(9-16)15(8-13)18(19)20/h3-8,17H,1-2H3. The minimum Gasteiger partial charge on any atom is -0.355 e. The number of hydrogen-bond donors (Lipinski definition) is 1. The Morgan fingerprint density at radius 2 is 1.95 bits per heavy atom. The lowest BCUT2D eigenvalue weighted by Crippen LogP contribution is -1.97. The molecule has 2 aromatic rings. The van der Waals surface area contributed by atoms with Gasteiger partial charge in [0.15, 0.2) is 0 Å². The second kappa shape index (κ2) is 5.41. The number of nitriles is 1. The molecule has 100 valence electrons. The summed E-state index contributed by atoms with van der Waals surface area (Å²) in [6.07, 6.45) is 0. The first kappa shape index (κ1) is 13.6. The van der Waals surface area contributed by atoms with Crippen molar-refractivity contribution in [3.63, 3.8) is 0 Å². The third kappa shape index (κ3) is 2.75. The molecule has 5 nitrogen and oxygen atoms in total. The third-order valence-electron chi connectivity index (χ3n) is 2.98. The zero-order chi connectivity index (χ0) is 14.7. The van der Waals surface area contributed by atoms with E-state index in [1.807, 2.05) is 38.1 Å². The van der Waals surface area contributed by atoms with Gasteiger partial charge in [-0.05, 0) is 37.6 Å². The molecule has 0 aliphatic rings. The van der Waals surface area contributed by atoms with E-state index in [-0.39, 0.29) is 11.3 Å². The van der Waals surface area contributed by atoms with Gasteiger partial charge in [0.2, 0.25) is 0 Å².